The van der Waals surface area contributed by atoms with Crippen LogP contribution >= 0.6 is 0 Å². The van der Waals surface area contributed by atoms with Gasteiger partial charge in [0.2, 0.25) is 0 Å². The number of likely N-dealkylation sites (tertiary alicyclic amines) is 1. The van der Waals surface area contributed by atoms with Gasteiger partial charge in [0.1, 0.15) is 0 Å². The second-order valence-electron chi connectivity index (χ2n) is 6.61. The number of rotatable bonds is 4. The Bertz CT molecular complexity index is 410. The van der Waals surface area contributed by atoms with Gasteiger partial charge in [-0.05, 0) is 43.7 Å². The first-order valence-corrected chi connectivity index (χ1v) is 8.12. The largest absolute Gasteiger partial charge is 0.329 e. The molecule has 0 spiro atoms. The van der Waals surface area contributed by atoms with Crippen molar-refractivity contribution in [1.82, 2.24) is 4.90 Å². The molecule has 2 N–H and O–H groups in total. The summed E-state index contributed by atoms with van der Waals surface area (Å²) in [5.41, 5.74) is 8.83. The molecule has 0 bridgehead atoms. The van der Waals surface area contributed by atoms with E-state index in [1.807, 2.05) is 0 Å². The highest BCUT2D eigenvalue weighted by Gasteiger charge is 2.31. The molecule has 1 aliphatic heterocycles. The van der Waals surface area contributed by atoms with Crippen molar-refractivity contribution in [1.29, 1.82) is 0 Å². The summed E-state index contributed by atoms with van der Waals surface area (Å²) in [5, 5.41) is 0. The van der Waals surface area contributed by atoms with Crippen LogP contribution in [-0.2, 0) is 0 Å². The van der Waals surface area contributed by atoms with Gasteiger partial charge in [0.25, 0.3) is 0 Å². The Morgan fingerprint density at radius 3 is 2.25 bits per heavy atom. The third-order valence-electron chi connectivity index (χ3n) is 4.89. The highest BCUT2D eigenvalue weighted by Crippen LogP contribution is 2.32. The minimum absolute atomic E-state index is 0.458. The van der Waals surface area contributed by atoms with Crippen LogP contribution in [0.5, 0.6) is 0 Å². The van der Waals surface area contributed by atoms with Crippen LogP contribution in [0.4, 0.5) is 0 Å². The third-order valence-corrected chi connectivity index (χ3v) is 4.89. The van der Waals surface area contributed by atoms with Crippen molar-refractivity contribution < 1.29 is 0 Å². The summed E-state index contributed by atoms with van der Waals surface area (Å²) in [6, 6.07) is 10.8. The van der Waals surface area contributed by atoms with Crippen LogP contribution in [-0.4, -0.2) is 23.5 Å². The maximum Gasteiger partial charge on any atom is 0.0326 e. The summed E-state index contributed by atoms with van der Waals surface area (Å²) < 4.78 is 0. The lowest BCUT2D eigenvalue weighted by molar-refractivity contribution is 0.0570. The maximum absolute atomic E-state index is 5.99. The number of piperidine rings is 1. The fourth-order valence-corrected chi connectivity index (χ4v) is 3.58. The fraction of sp³-hybridized carbons (Fsp3) is 0.667. The number of hydrogen-bond donors (Lipinski definition) is 1. The van der Waals surface area contributed by atoms with Gasteiger partial charge in [-0.2, -0.15) is 0 Å². The highest BCUT2D eigenvalue weighted by atomic mass is 15.2. The zero-order valence-corrected chi connectivity index (χ0v) is 13.5. The average Bonchev–Trinajstić information content (AvgIpc) is 2.46. The number of nitrogens with two attached hydrogens (primary N) is 1. The Hall–Kier alpha value is -0.860. The van der Waals surface area contributed by atoms with E-state index < -0.39 is 0 Å². The van der Waals surface area contributed by atoms with Crippen molar-refractivity contribution >= 4 is 0 Å². The van der Waals surface area contributed by atoms with Gasteiger partial charge in [0.15, 0.2) is 0 Å². The SMILES string of the molecule is CC(C)c1ccc(C(C)N2C(C)CCCC2CN)cc1. The molecule has 112 valence electrons. The van der Waals surface area contributed by atoms with Gasteiger partial charge < -0.3 is 5.73 Å². The lowest BCUT2D eigenvalue weighted by Gasteiger charge is -2.44. The normalized spacial score (nSPS) is 25.9. The quantitative estimate of drug-likeness (QED) is 0.896. The van der Waals surface area contributed by atoms with Crippen LogP contribution in [0.3, 0.4) is 0 Å². The predicted molar refractivity (Wildman–Crippen MR) is 86.9 cm³/mol. The summed E-state index contributed by atoms with van der Waals surface area (Å²) in [5.74, 6) is 0.602. The van der Waals surface area contributed by atoms with Gasteiger partial charge in [0, 0.05) is 24.7 Å². The summed E-state index contributed by atoms with van der Waals surface area (Å²) in [7, 11) is 0. The standard InChI is InChI=1S/C18H30N2/c1-13(2)16-8-10-17(11-9-16)15(4)20-14(3)6-5-7-18(20)12-19/h8-11,13-15,18H,5-7,12,19H2,1-4H3. The van der Waals surface area contributed by atoms with E-state index in [-0.39, 0.29) is 0 Å². The molecule has 2 rings (SSSR count). The fourth-order valence-electron chi connectivity index (χ4n) is 3.58. The Morgan fingerprint density at radius 2 is 1.70 bits per heavy atom. The lowest BCUT2D eigenvalue weighted by Crippen LogP contribution is -2.49. The molecule has 3 unspecified atom stereocenters. The zero-order valence-electron chi connectivity index (χ0n) is 13.5. The molecule has 1 aromatic rings. The van der Waals surface area contributed by atoms with E-state index in [1.54, 1.807) is 0 Å². The highest BCUT2D eigenvalue weighted by molar-refractivity contribution is 5.27. The molecule has 1 aromatic carbocycles. The molecular formula is C18H30N2. The smallest absolute Gasteiger partial charge is 0.0326 e. The summed E-state index contributed by atoms with van der Waals surface area (Å²) >= 11 is 0. The Morgan fingerprint density at radius 1 is 1.10 bits per heavy atom. The van der Waals surface area contributed by atoms with Crippen molar-refractivity contribution in [2.45, 2.75) is 71.0 Å². The minimum atomic E-state index is 0.458. The maximum atomic E-state index is 5.99. The molecule has 1 heterocycles. The number of nitrogens with zero attached hydrogens (tertiary/aromatic N) is 1. The van der Waals surface area contributed by atoms with E-state index in [9.17, 15) is 0 Å². The van der Waals surface area contributed by atoms with E-state index >= 15 is 0 Å². The van der Waals surface area contributed by atoms with Gasteiger partial charge >= 0.3 is 0 Å². The molecule has 1 fully saturated rings. The predicted octanol–water partition coefficient (Wildman–Crippen LogP) is 4.07. The van der Waals surface area contributed by atoms with Crippen molar-refractivity contribution in [2.24, 2.45) is 5.73 Å². The lowest BCUT2D eigenvalue weighted by atomic mass is 9.91. The molecule has 0 saturated carbocycles. The number of hydrogen-bond acceptors (Lipinski definition) is 2. The molecule has 1 saturated heterocycles. The molecule has 0 aliphatic carbocycles. The van der Waals surface area contributed by atoms with Crippen LogP contribution in [0.25, 0.3) is 0 Å². The van der Waals surface area contributed by atoms with E-state index in [1.165, 1.54) is 30.4 Å². The van der Waals surface area contributed by atoms with Crippen LogP contribution in [0.1, 0.15) is 70.0 Å². The van der Waals surface area contributed by atoms with Gasteiger partial charge in [-0.25, -0.2) is 0 Å². The Labute approximate surface area is 124 Å². The second-order valence-corrected chi connectivity index (χ2v) is 6.61. The molecule has 1 aliphatic rings. The molecule has 0 aromatic heterocycles. The summed E-state index contributed by atoms with van der Waals surface area (Å²) in [4.78, 5) is 2.63. The second kappa shape index (κ2) is 6.73. The summed E-state index contributed by atoms with van der Waals surface area (Å²) in [6.07, 6.45) is 3.86. The van der Waals surface area contributed by atoms with Crippen LogP contribution < -0.4 is 5.73 Å². The topological polar surface area (TPSA) is 29.3 Å². The van der Waals surface area contributed by atoms with Crippen LogP contribution in [0, 0.1) is 0 Å². The van der Waals surface area contributed by atoms with Gasteiger partial charge in [-0.15, -0.1) is 0 Å². The summed E-state index contributed by atoms with van der Waals surface area (Å²) in [6.45, 7) is 9.94. The number of benzene rings is 1. The first kappa shape index (κ1) is 15.5. The first-order valence-electron chi connectivity index (χ1n) is 8.12. The Balaban J connectivity index is 2.17. The van der Waals surface area contributed by atoms with Crippen molar-refractivity contribution in [3.05, 3.63) is 35.4 Å². The minimum Gasteiger partial charge on any atom is -0.329 e. The molecule has 2 nitrogen and oxygen atoms in total. The molecule has 2 heteroatoms. The van der Waals surface area contributed by atoms with E-state index in [2.05, 4.69) is 56.9 Å². The van der Waals surface area contributed by atoms with E-state index in [0.717, 1.165) is 6.54 Å². The van der Waals surface area contributed by atoms with Crippen molar-refractivity contribution in [3.8, 4) is 0 Å². The van der Waals surface area contributed by atoms with Crippen LogP contribution in [0.2, 0.25) is 0 Å². The monoisotopic (exact) mass is 274 g/mol. The van der Waals surface area contributed by atoms with E-state index in [0.29, 0.717) is 24.0 Å². The van der Waals surface area contributed by atoms with Crippen LogP contribution in [0.15, 0.2) is 24.3 Å². The molecule has 20 heavy (non-hydrogen) atoms. The third kappa shape index (κ3) is 3.24. The first-order chi connectivity index (χ1) is 9.54. The van der Waals surface area contributed by atoms with Crippen molar-refractivity contribution in [3.63, 3.8) is 0 Å². The molecule has 0 amide bonds. The van der Waals surface area contributed by atoms with E-state index in [4.69, 9.17) is 5.73 Å². The van der Waals surface area contributed by atoms with Gasteiger partial charge in [-0.1, -0.05) is 44.5 Å². The molecule has 3 atom stereocenters. The zero-order chi connectivity index (χ0) is 14.7. The Kier molecular flexibility index (Phi) is 5.22. The average molecular weight is 274 g/mol. The molecule has 0 radical (unpaired) electrons. The van der Waals surface area contributed by atoms with Gasteiger partial charge in [0.05, 0.1) is 0 Å². The van der Waals surface area contributed by atoms with Gasteiger partial charge in [-0.3, -0.25) is 4.90 Å². The van der Waals surface area contributed by atoms with Crippen molar-refractivity contribution in [2.75, 3.05) is 6.54 Å². The molecular weight excluding hydrogens is 244 g/mol.